The first-order chi connectivity index (χ1) is 9.18. The van der Waals surface area contributed by atoms with Crippen LogP contribution in [0, 0.1) is 5.41 Å². The summed E-state index contributed by atoms with van der Waals surface area (Å²) in [6.07, 6.45) is 6.66. The van der Waals surface area contributed by atoms with Crippen LogP contribution >= 0.6 is 0 Å². The highest BCUT2D eigenvalue weighted by Gasteiger charge is 2.42. The van der Waals surface area contributed by atoms with Crippen molar-refractivity contribution in [2.24, 2.45) is 5.41 Å². The van der Waals surface area contributed by atoms with Gasteiger partial charge in [0.05, 0.1) is 18.1 Å². The molecule has 1 fully saturated rings. The number of pyridine rings is 1. The maximum absolute atomic E-state index is 12.0. The zero-order chi connectivity index (χ0) is 13.7. The van der Waals surface area contributed by atoms with E-state index in [0.717, 1.165) is 25.7 Å². The highest BCUT2D eigenvalue weighted by Crippen LogP contribution is 2.38. The van der Waals surface area contributed by atoms with E-state index in [1.165, 1.54) is 13.3 Å². The SMILES string of the molecule is COC(=O)C1(CNC(=O)c2cccnc2)CCCC1. The predicted octanol–water partition coefficient (Wildman–Crippen LogP) is 1.54. The summed E-state index contributed by atoms with van der Waals surface area (Å²) in [6, 6.07) is 3.41. The number of carbonyl (C=O) groups is 2. The molecule has 1 aliphatic carbocycles. The standard InChI is InChI=1S/C14H18N2O3/c1-19-13(18)14(6-2-3-7-14)10-16-12(17)11-5-4-8-15-9-11/h4-5,8-9H,2-3,6-7,10H2,1H3,(H,16,17). The molecule has 0 spiro atoms. The average Bonchev–Trinajstić information content (AvgIpc) is 2.95. The van der Waals surface area contributed by atoms with E-state index in [2.05, 4.69) is 10.3 Å². The topological polar surface area (TPSA) is 68.3 Å². The van der Waals surface area contributed by atoms with Crippen molar-refractivity contribution in [3.63, 3.8) is 0 Å². The quantitative estimate of drug-likeness (QED) is 0.836. The molecular weight excluding hydrogens is 244 g/mol. The number of nitrogens with zero attached hydrogens (tertiary/aromatic N) is 1. The van der Waals surface area contributed by atoms with Gasteiger partial charge in [0, 0.05) is 18.9 Å². The van der Waals surface area contributed by atoms with Crippen molar-refractivity contribution in [2.75, 3.05) is 13.7 Å². The lowest BCUT2D eigenvalue weighted by molar-refractivity contribution is -0.152. The largest absolute Gasteiger partial charge is 0.469 e. The van der Waals surface area contributed by atoms with Gasteiger partial charge in [-0.05, 0) is 25.0 Å². The molecule has 102 valence electrons. The van der Waals surface area contributed by atoms with Gasteiger partial charge < -0.3 is 10.1 Å². The summed E-state index contributed by atoms with van der Waals surface area (Å²) in [5, 5.41) is 2.82. The summed E-state index contributed by atoms with van der Waals surface area (Å²) < 4.78 is 4.87. The molecule has 19 heavy (non-hydrogen) atoms. The molecule has 1 aromatic rings. The van der Waals surface area contributed by atoms with Crippen molar-refractivity contribution in [1.29, 1.82) is 0 Å². The Balaban J connectivity index is 2.00. The first-order valence-corrected chi connectivity index (χ1v) is 6.45. The number of esters is 1. The van der Waals surface area contributed by atoms with Gasteiger partial charge in [-0.25, -0.2) is 0 Å². The number of nitrogens with one attached hydrogen (secondary N) is 1. The molecule has 1 aromatic heterocycles. The van der Waals surface area contributed by atoms with Gasteiger partial charge in [0.2, 0.25) is 0 Å². The van der Waals surface area contributed by atoms with Gasteiger partial charge in [-0.2, -0.15) is 0 Å². The average molecular weight is 262 g/mol. The summed E-state index contributed by atoms with van der Waals surface area (Å²) in [6.45, 7) is 0.327. The van der Waals surface area contributed by atoms with E-state index in [-0.39, 0.29) is 11.9 Å². The second-order valence-electron chi connectivity index (χ2n) is 4.90. The number of hydrogen-bond donors (Lipinski definition) is 1. The van der Waals surface area contributed by atoms with Crippen LogP contribution in [0.15, 0.2) is 24.5 Å². The molecule has 1 heterocycles. The lowest BCUT2D eigenvalue weighted by atomic mass is 9.86. The zero-order valence-corrected chi connectivity index (χ0v) is 11.0. The number of ether oxygens (including phenoxy) is 1. The minimum atomic E-state index is -0.549. The molecule has 1 amide bonds. The summed E-state index contributed by atoms with van der Waals surface area (Å²) in [5.41, 5.74) is -0.0485. The number of aromatic nitrogens is 1. The molecule has 5 heteroatoms. The Morgan fingerprint density at radius 3 is 2.74 bits per heavy atom. The number of rotatable bonds is 4. The minimum absolute atomic E-state index is 0.205. The molecule has 1 aliphatic rings. The molecule has 0 radical (unpaired) electrons. The number of amides is 1. The highest BCUT2D eigenvalue weighted by atomic mass is 16.5. The smallest absolute Gasteiger partial charge is 0.313 e. The number of hydrogen-bond acceptors (Lipinski definition) is 4. The molecule has 0 aliphatic heterocycles. The Bertz CT molecular complexity index is 453. The molecule has 5 nitrogen and oxygen atoms in total. The summed E-state index contributed by atoms with van der Waals surface area (Å²) in [7, 11) is 1.39. The van der Waals surface area contributed by atoms with Crippen LogP contribution in [0.3, 0.4) is 0 Å². The van der Waals surface area contributed by atoms with Crippen LogP contribution in [0.5, 0.6) is 0 Å². The van der Waals surface area contributed by atoms with Crippen LogP contribution < -0.4 is 5.32 Å². The van der Waals surface area contributed by atoms with Gasteiger partial charge in [-0.1, -0.05) is 12.8 Å². The second-order valence-corrected chi connectivity index (χ2v) is 4.90. The molecule has 2 rings (SSSR count). The molecular formula is C14H18N2O3. The zero-order valence-electron chi connectivity index (χ0n) is 11.0. The molecule has 0 unspecified atom stereocenters. The molecule has 0 bridgehead atoms. The van der Waals surface area contributed by atoms with E-state index >= 15 is 0 Å². The van der Waals surface area contributed by atoms with Crippen LogP contribution in [0.2, 0.25) is 0 Å². The van der Waals surface area contributed by atoms with Crippen molar-refractivity contribution in [3.05, 3.63) is 30.1 Å². The van der Waals surface area contributed by atoms with Crippen molar-refractivity contribution >= 4 is 11.9 Å². The summed E-state index contributed by atoms with van der Waals surface area (Å²) >= 11 is 0. The van der Waals surface area contributed by atoms with Gasteiger partial charge in [0.1, 0.15) is 0 Å². The summed E-state index contributed by atoms with van der Waals surface area (Å²) in [5.74, 6) is -0.431. The van der Waals surface area contributed by atoms with Gasteiger partial charge >= 0.3 is 5.97 Å². The van der Waals surface area contributed by atoms with Gasteiger partial charge in [0.25, 0.3) is 5.91 Å². The molecule has 0 atom stereocenters. The Hall–Kier alpha value is -1.91. The van der Waals surface area contributed by atoms with E-state index in [4.69, 9.17) is 4.74 Å². The Labute approximate surface area is 112 Å². The molecule has 0 aromatic carbocycles. The third kappa shape index (κ3) is 2.92. The first kappa shape index (κ1) is 13.5. The molecule has 1 saturated carbocycles. The van der Waals surface area contributed by atoms with Gasteiger partial charge in [-0.15, -0.1) is 0 Å². The third-order valence-electron chi connectivity index (χ3n) is 3.69. The first-order valence-electron chi connectivity index (χ1n) is 6.45. The van der Waals surface area contributed by atoms with Gasteiger partial charge in [-0.3, -0.25) is 14.6 Å². The second kappa shape index (κ2) is 5.82. The van der Waals surface area contributed by atoms with Crippen LogP contribution in [-0.2, 0) is 9.53 Å². The summed E-state index contributed by atoms with van der Waals surface area (Å²) in [4.78, 5) is 27.8. The molecule has 1 N–H and O–H groups in total. The van der Waals surface area contributed by atoms with Gasteiger partial charge in [0.15, 0.2) is 0 Å². The fraction of sp³-hybridized carbons (Fsp3) is 0.500. The number of methoxy groups -OCH3 is 1. The monoisotopic (exact) mass is 262 g/mol. The lowest BCUT2D eigenvalue weighted by Gasteiger charge is -2.25. The van der Waals surface area contributed by atoms with Crippen molar-refractivity contribution in [3.8, 4) is 0 Å². The van der Waals surface area contributed by atoms with Crippen LogP contribution in [0.4, 0.5) is 0 Å². The fourth-order valence-corrected chi connectivity index (χ4v) is 2.57. The minimum Gasteiger partial charge on any atom is -0.469 e. The highest BCUT2D eigenvalue weighted by molar-refractivity contribution is 5.94. The van der Waals surface area contributed by atoms with Crippen molar-refractivity contribution in [2.45, 2.75) is 25.7 Å². The lowest BCUT2D eigenvalue weighted by Crippen LogP contribution is -2.42. The van der Waals surface area contributed by atoms with E-state index < -0.39 is 5.41 Å². The Morgan fingerprint density at radius 2 is 2.16 bits per heavy atom. The maximum Gasteiger partial charge on any atom is 0.313 e. The van der Waals surface area contributed by atoms with Crippen LogP contribution in [0.1, 0.15) is 36.0 Å². The Kier molecular flexibility index (Phi) is 4.14. The maximum atomic E-state index is 12.0. The van der Waals surface area contributed by atoms with Crippen LogP contribution in [0.25, 0.3) is 0 Å². The van der Waals surface area contributed by atoms with Crippen molar-refractivity contribution < 1.29 is 14.3 Å². The normalized spacial score (nSPS) is 16.9. The van der Waals surface area contributed by atoms with Crippen LogP contribution in [-0.4, -0.2) is 30.5 Å². The Morgan fingerprint density at radius 1 is 1.42 bits per heavy atom. The predicted molar refractivity (Wildman–Crippen MR) is 69.5 cm³/mol. The molecule has 0 saturated heterocycles. The third-order valence-corrected chi connectivity index (χ3v) is 3.69. The number of carbonyl (C=O) groups excluding carboxylic acids is 2. The van der Waals surface area contributed by atoms with E-state index in [1.807, 2.05) is 0 Å². The fourth-order valence-electron chi connectivity index (χ4n) is 2.57. The van der Waals surface area contributed by atoms with E-state index in [0.29, 0.717) is 12.1 Å². The van der Waals surface area contributed by atoms with E-state index in [9.17, 15) is 9.59 Å². The van der Waals surface area contributed by atoms with Crippen molar-refractivity contribution in [1.82, 2.24) is 10.3 Å². The van der Waals surface area contributed by atoms with E-state index in [1.54, 1.807) is 18.3 Å².